The second kappa shape index (κ2) is 8.28. The van der Waals surface area contributed by atoms with Gasteiger partial charge in [0.15, 0.2) is 0 Å². The molecule has 0 N–H and O–H groups in total. The predicted molar refractivity (Wildman–Crippen MR) is 114 cm³/mol. The van der Waals surface area contributed by atoms with E-state index < -0.39 is 10.8 Å². The molecule has 0 amide bonds. The van der Waals surface area contributed by atoms with Gasteiger partial charge in [0, 0.05) is 53.0 Å². The van der Waals surface area contributed by atoms with Crippen LogP contribution in [0.3, 0.4) is 0 Å². The number of nitrogens with zero attached hydrogens (tertiary/aromatic N) is 5. The lowest BCUT2D eigenvalue weighted by atomic mass is 10.0. The van der Waals surface area contributed by atoms with Crippen LogP contribution < -0.4 is 4.90 Å². The Labute approximate surface area is 171 Å². The topological polar surface area (TPSA) is 71.9 Å². The molecular formula is C20H21N5OS2. The van der Waals surface area contributed by atoms with Crippen LogP contribution in [0.5, 0.6) is 0 Å². The van der Waals surface area contributed by atoms with Gasteiger partial charge in [-0.05, 0) is 36.1 Å². The summed E-state index contributed by atoms with van der Waals surface area (Å²) in [5.74, 6) is 0.771. The van der Waals surface area contributed by atoms with Crippen LogP contribution in [0.1, 0.15) is 24.6 Å². The van der Waals surface area contributed by atoms with Crippen molar-refractivity contribution in [3.63, 3.8) is 0 Å². The number of hydrogen-bond donors (Lipinski definition) is 0. The van der Waals surface area contributed by atoms with Gasteiger partial charge in [0.2, 0.25) is 5.95 Å². The molecule has 6 nitrogen and oxygen atoms in total. The van der Waals surface area contributed by atoms with Crippen LogP contribution in [0, 0.1) is 0 Å². The Morgan fingerprint density at radius 3 is 2.43 bits per heavy atom. The van der Waals surface area contributed by atoms with Gasteiger partial charge in [0.05, 0.1) is 11.7 Å². The molecule has 4 rings (SSSR count). The van der Waals surface area contributed by atoms with Gasteiger partial charge >= 0.3 is 0 Å². The lowest BCUT2D eigenvalue weighted by Crippen LogP contribution is -2.30. The summed E-state index contributed by atoms with van der Waals surface area (Å²) in [6, 6.07) is 7.72. The molecule has 1 aliphatic rings. The number of aromatic nitrogens is 4. The van der Waals surface area contributed by atoms with Crippen LogP contribution in [0.4, 0.5) is 5.95 Å². The highest BCUT2D eigenvalue weighted by molar-refractivity contribution is 7.84. The Hall–Kier alpha value is -2.45. The maximum atomic E-state index is 11.6. The normalized spacial score (nSPS) is 15.4. The highest BCUT2D eigenvalue weighted by Gasteiger charge is 2.20. The van der Waals surface area contributed by atoms with Gasteiger partial charge < -0.3 is 4.90 Å². The molecule has 8 heteroatoms. The minimum Gasteiger partial charge on any atom is -0.337 e. The SMILES string of the molecule is CCc1cnc(N2CC=C(c3nsnc3-c3ccc(S(C)=O)cc3)CC2)nc1. The van der Waals surface area contributed by atoms with E-state index in [1.807, 2.05) is 36.7 Å². The third-order valence-electron chi connectivity index (χ3n) is 4.84. The molecule has 0 fully saturated rings. The first-order chi connectivity index (χ1) is 13.7. The lowest BCUT2D eigenvalue weighted by molar-refractivity contribution is 0.687. The summed E-state index contributed by atoms with van der Waals surface area (Å²) in [6.45, 7) is 3.70. The molecular weight excluding hydrogens is 390 g/mol. The van der Waals surface area contributed by atoms with E-state index in [1.54, 1.807) is 6.26 Å². The maximum Gasteiger partial charge on any atom is 0.225 e. The van der Waals surface area contributed by atoms with Gasteiger partial charge in [-0.3, -0.25) is 4.21 Å². The third kappa shape index (κ3) is 3.88. The Morgan fingerprint density at radius 2 is 1.82 bits per heavy atom. The standard InChI is InChI=1S/C20H21N5OS2/c1-3-14-12-21-20(22-13-14)25-10-8-16(9-11-25)19-18(23-27-24-19)15-4-6-17(7-5-15)28(2)26/h4-8,12-13H,3,9-11H2,1-2H3. The van der Waals surface area contributed by atoms with Gasteiger partial charge in [-0.15, -0.1) is 0 Å². The van der Waals surface area contributed by atoms with Crippen molar-refractivity contribution in [2.24, 2.45) is 0 Å². The number of aryl methyl sites for hydroxylation is 1. The van der Waals surface area contributed by atoms with Crippen molar-refractivity contribution in [3.05, 3.63) is 54.0 Å². The molecule has 2 aromatic heterocycles. The Bertz CT molecular complexity index is 1010. The molecule has 0 saturated carbocycles. The Kier molecular flexibility index (Phi) is 5.59. The predicted octanol–water partition coefficient (Wildman–Crippen LogP) is 3.59. The van der Waals surface area contributed by atoms with Crippen molar-refractivity contribution in [2.75, 3.05) is 24.2 Å². The molecule has 0 bridgehead atoms. The average molecular weight is 412 g/mol. The molecule has 3 heterocycles. The summed E-state index contributed by atoms with van der Waals surface area (Å²) in [7, 11) is -0.980. The fraction of sp³-hybridized carbons (Fsp3) is 0.300. The van der Waals surface area contributed by atoms with Crippen LogP contribution in [-0.4, -0.2) is 42.3 Å². The van der Waals surface area contributed by atoms with Gasteiger partial charge in [0.25, 0.3) is 0 Å². The highest BCUT2D eigenvalue weighted by Crippen LogP contribution is 2.31. The van der Waals surface area contributed by atoms with E-state index in [2.05, 4.69) is 36.6 Å². The molecule has 1 atom stereocenters. The van der Waals surface area contributed by atoms with Crippen molar-refractivity contribution < 1.29 is 4.21 Å². The molecule has 28 heavy (non-hydrogen) atoms. The first-order valence-corrected chi connectivity index (χ1v) is 11.5. The van der Waals surface area contributed by atoms with E-state index in [4.69, 9.17) is 0 Å². The van der Waals surface area contributed by atoms with E-state index in [1.165, 1.54) is 17.3 Å². The first-order valence-electron chi connectivity index (χ1n) is 9.17. The zero-order valence-corrected chi connectivity index (χ0v) is 17.5. The van der Waals surface area contributed by atoms with Gasteiger partial charge in [-0.25, -0.2) is 9.97 Å². The molecule has 1 unspecified atom stereocenters. The van der Waals surface area contributed by atoms with Crippen molar-refractivity contribution in [1.82, 2.24) is 18.7 Å². The molecule has 144 valence electrons. The first kappa shape index (κ1) is 18.9. The monoisotopic (exact) mass is 411 g/mol. The van der Waals surface area contributed by atoms with Crippen LogP contribution in [0.25, 0.3) is 16.8 Å². The molecule has 0 radical (unpaired) electrons. The molecule has 1 aliphatic heterocycles. The van der Waals surface area contributed by atoms with Crippen molar-refractivity contribution >= 4 is 34.0 Å². The third-order valence-corrected chi connectivity index (χ3v) is 6.31. The molecule has 3 aromatic rings. The molecule has 0 aliphatic carbocycles. The molecule has 1 aromatic carbocycles. The van der Waals surface area contributed by atoms with E-state index in [0.29, 0.717) is 0 Å². The van der Waals surface area contributed by atoms with Gasteiger partial charge in [-0.1, -0.05) is 25.1 Å². The van der Waals surface area contributed by atoms with E-state index >= 15 is 0 Å². The lowest BCUT2D eigenvalue weighted by Gasteiger charge is -2.26. The van der Waals surface area contributed by atoms with Crippen molar-refractivity contribution in [3.8, 4) is 11.3 Å². The summed E-state index contributed by atoms with van der Waals surface area (Å²) in [5.41, 5.74) is 5.18. The second-order valence-electron chi connectivity index (χ2n) is 6.61. The Morgan fingerprint density at radius 1 is 1.11 bits per heavy atom. The van der Waals surface area contributed by atoms with Crippen molar-refractivity contribution in [2.45, 2.75) is 24.7 Å². The summed E-state index contributed by atoms with van der Waals surface area (Å²) in [4.78, 5) is 12.0. The maximum absolute atomic E-state index is 11.6. The average Bonchev–Trinajstić information content (AvgIpc) is 3.24. The van der Waals surface area contributed by atoms with Crippen LogP contribution >= 0.6 is 11.7 Å². The van der Waals surface area contributed by atoms with Crippen LogP contribution in [-0.2, 0) is 17.2 Å². The fourth-order valence-electron chi connectivity index (χ4n) is 3.15. The largest absolute Gasteiger partial charge is 0.337 e. The Balaban J connectivity index is 1.54. The number of hydrogen-bond acceptors (Lipinski definition) is 7. The minimum atomic E-state index is -0.980. The molecule has 0 spiro atoms. The zero-order valence-electron chi connectivity index (χ0n) is 15.8. The quantitative estimate of drug-likeness (QED) is 0.639. The van der Waals surface area contributed by atoms with Crippen LogP contribution in [0.15, 0.2) is 47.6 Å². The number of rotatable bonds is 5. The summed E-state index contributed by atoms with van der Waals surface area (Å²) in [5, 5.41) is 0. The van der Waals surface area contributed by atoms with Crippen molar-refractivity contribution in [1.29, 1.82) is 0 Å². The van der Waals surface area contributed by atoms with E-state index in [-0.39, 0.29) is 0 Å². The smallest absolute Gasteiger partial charge is 0.225 e. The summed E-state index contributed by atoms with van der Waals surface area (Å²) in [6.07, 6.45) is 9.49. The number of anilines is 1. The highest BCUT2D eigenvalue weighted by atomic mass is 32.2. The summed E-state index contributed by atoms with van der Waals surface area (Å²) < 4.78 is 20.7. The second-order valence-corrected chi connectivity index (χ2v) is 8.52. The summed E-state index contributed by atoms with van der Waals surface area (Å²) >= 11 is 1.23. The zero-order chi connectivity index (χ0) is 19.5. The van der Waals surface area contributed by atoms with Gasteiger partial charge in [-0.2, -0.15) is 8.75 Å². The fourth-order valence-corrected chi connectivity index (χ4v) is 4.27. The van der Waals surface area contributed by atoms with Crippen LogP contribution in [0.2, 0.25) is 0 Å². The van der Waals surface area contributed by atoms with E-state index in [9.17, 15) is 4.21 Å². The van der Waals surface area contributed by atoms with Gasteiger partial charge in [0.1, 0.15) is 11.4 Å². The van der Waals surface area contributed by atoms with E-state index in [0.717, 1.165) is 59.3 Å². The number of benzene rings is 1. The minimum absolute atomic E-state index is 0.755. The molecule has 0 saturated heterocycles.